The monoisotopic (exact) mass is 388 g/mol. The summed E-state index contributed by atoms with van der Waals surface area (Å²) in [7, 11) is -3.26. The molecule has 0 bridgehead atoms. The van der Waals surface area contributed by atoms with Crippen LogP contribution >= 0.6 is 11.6 Å². The van der Waals surface area contributed by atoms with E-state index in [0.717, 1.165) is 43.5 Å². The zero-order valence-corrected chi connectivity index (χ0v) is 14.1. The second-order valence-corrected chi connectivity index (χ2v) is 6.75. The molecule has 8 nitrogen and oxygen atoms in total. The first-order chi connectivity index (χ1) is 11.7. The van der Waals surface area contributed by atoms with Crippen LogP contribution in [0, 0.1) is 15.9 Å². The normalized spacial score (nSPS) is 11.0. The number of hydrogen-bond acceptors (Lipinski definition) is 6. The first kappa shape index (κ1) is 18.6. The number of ether oxygens (including phenoxy) is 1. The lowest BCUT2D eigenvalue weighted by atomic mass is 10.2. The Bertz CT molecular complexity index is 964. The third kappa shape index (κ3) is 4.03. The molecular weight excluding hydrogens is 379 g/mol. The maximum Gasteiger partial charge on any atom is 0.340 e. The zero-order valence-electron chi connectivity index (χ0n) is 12.5. The summed E-state index contributed by atoms with van der Waals surface area (Å²) in [4.78, 5) is 21.3. The summed E-state index contributed by atoms with van der Waals surface area (Å²) in [6.45, 7) is 0. The van der Waals surface area contributed by atoms with E-state index < -0.39 is 37.3 Å². The van der Waals surface area contributed by atoms with Crippen LogP contribution in [0.4, 0.5) is 15.8 Å². The Balaban J connectivity index is 2.48. The van der Waals surface area contributed by atoms with E-state index in [1.54, 1.807) is 0 Å². The minimum absolute atomic E-state index is 0.235. The second-order valence-electron chi connectivity index (χ2n) is 4.66. The summed E-state index contributed by atoms with van der Waals surface area (Å²) in [5.41, 5.74) is -1.20. The molecule has 2 aromatic rings. The summed E-state index contributed by atoms with van der Waals surface area (Å²) >= 11 is 5.64. The van der Waals surface area contributed by atoms with Crippen LogP contribution in [0.2, 0.25) is 5.02 Å². The molecule has 0 fully saturated rings. The van der Waals surface area contributed by atoms with Gasteiger partial charge in [0.1, 0.15) is 10.8 Å². The van der Waals surface area contributed by atoms with Gasteiger partial charge >= 0.3 is 5.97 Å². The molecule has 0 aliphatic rings. The van der Waals surface area contributed by atoms with Gasteiger partial charge in [0.25, 0.3) is 15.7 Å². The highest BCUT2D eigenvalue weighted by Gasteiger charge is 2.23. The number of benzene rings is 2. The van der Waals surface area contributed by atoms with Gasteiger partial charge in [-0.3, -0.25) is 14.8 Å². The fourth-order valence-corrected chi connectivity index (χ4v) is 3.17. The Morgan fingerprint density at radius 2 is 1.96 bits per heavy atom. The molecule has 1 N–H and O–H groups in total. The number of nitrogens with one attached hydrogen (secondary N) is 1. The lowest BCUT2D eigenvalue weighted by Crippen LogP contribution is -2.16. The van der Waals surface area contributed by atoms with Crippen LogP contribution < -0.4 is 4.72 Å². The SMILES string of the molecule is COC(=O)c1cc(F)ccc1NS(=O)(=O)c1ccc(Cl)c([N+](=O)[O-])c1. The van der Waals surface area contributed by atoms with Crippen LogP contribution in [0.5, 0.6) is 0 Å². The predicted molar refractivity (Wildman–Crippen MR) is 86.7 cm³/mol. The molecule has 11 heteroatoms. The van der Waals surface area contributed by atoms with Crippen LogP contribution in [0.3, 0.4) is 0 Å². The lowest BCUT2D eigenvalue weighted by molar-refractivity contribution is -0.384. The van der Waals surface area contributed by atoms with E-state index in [0.29, 0.717) is 0 Å². The standard InChI is InChI=1S/C14H10ClFN2O6S/c1-24-14(19)10-6-8(16)2-5-12(10)17-25(22,23)9-3-4-11(15)13(7-9)18(20)21/h2-7,17H,1H3. The molecule has 2 rings (SSSR count). The van der Waals surface area contributed by atoms with Crippen molar-refractivity contribution in [2.75, 3.05) is 11.8 Å². The highest BCUT2D eigenvalue weighted by atomic mass is 35.5. The number of rotatable bonds is 5. The molecule has 2 aromatic carbocycles. The maximum absolute atomic E-state index is 13.3. The minimum Gasteiger partial charge on any atom is -0.465 e. The zero-order chi connectivity index (χ0) is 18.8. The van der Waals surface area contributed by atoms with Crippen LogP contribution in [0.1, 0.15) is 10.4 Å². The number of hydrogen-bond donors (Lipinski definition) is 1. The summed E-state index contributed by atoms with van der Waals surface area (Å²) in [5, 5.41) is 10.6. The largest absolute Gasteiger partial charge is 0.465 e. The van der Waals surface area contributed by atoms with E-state index in [1.807, 2.05) is 0 Å². The Morgan fingerprint density at radius 1 is 1.28 bits per heavy atom. The summed E-state index contributed by atoms with van der Waals surface area (Å²) in [5.74, 6) is -1.73. The van der Waals surface area contributed by atoms with Crippen molar-refractivity contribution in [2.24, 2.45) is 0 Å². The van der Waals surface area contributed by atoms with E-state index in [2.05, 4.69) is 9.46 Å². The number of halogens is 2. The topological polar surface area (TPSA) is 116 Å². The molecule has 0 saturated carbocycles. The Kier molecular flexibility index (Phi) is 5.24. The number of carbonyl (C=O) groups is 1. The number of nitro groups is 1. The fourth-order valence-electron chi connectivity index (χ4n) is 1.89. The first-order valence-corrected chi connectivity index (χ1v) is 8.36. The highest BCUT2D eigenvalue weighted by molar-refractivity contribution is 7.92. The van der Waals surface area contributed by atoms with E-state index >= 15 is 0 Å². The number of nitrogens with zero attached hydrogens (tertiary/aromatic N) is 1. The predicted octanol–water partition coefficient (Wildman–Crippen LogP) is 2.97. The van der Waals surface area contributed by atoms with Crippen LogP contribution in [-0.4, -0.2) is 26.4 Å². The van der Waals surface area contributed by atoms with Gasteiger partial charge in [-0.05, 0) is 30.3 Å². The number of carbonyl (C=O) groups excluding carboxylic acids is 1. The molecule has 0 spiro atoms. The lowest BCUT2D eigenvalue weighted by Gasteiger charge is -2.12. The first-order valence-electron chi connectivity index (χ1n) is 6.50. The third-order valence-corrected chi connectivity index (χ3v) is 4.74. The average Bonchev–Trinajstić information content (AvgIpc) is 2.55. The molecule has 0 radical (unpaired) electrons. The molecule has 0 atom stereocenters. The van der Waals surface area contributed by atoms with Crippen molar-refractivity contribution >= 4 is 39.0 Å². The van der Waals surface area contributed by atoms with Gasteiger partial charge in [0.15, 0.2) is 0 Å². The van der Waals surface area contributed by atoms with E-state index in [1.165, 1.54) is 0 Å². The highest BCUT2D eigenvalue weighted by Crippen LogP contribution is 2.29. The van der Waals surface area contributed by atoms with Crippen LogP contribution in [0.15, 0.2) is 41.3 Å². The molecule has 132 valence electrons. The Morgan fingerprint density at radius 3 is 2.56 bits per heavy atom. The van der Waals surface area contributed by atoms with Gasteiger partial charge in [0, 0.05) is 6.07 Å². The van der Waals surface area contributed by atoms with Gasteiger partial charge in [-0.15, -0.1) is 0 Å². The Labute approximate surface area is 146 Å². The molecule has 0 aromatic heterocycles. The van der Waals surface area contributed by atoms with Gasteiger partial charge in [0.05, 0.1) is 28.2 Å². The van der Waals surface area contributed by atoms with Gasteiger partial charge in [0.2, 0.25) is 0 Å². The molecule has 0 saturated heterocycles. The van der Waals surface area contributed by atoms with E-state index in [-0.39, 0.29) is 16.3 Å². The molecule has 0 aliphatic heterocycles. The summed E-state index contributed by atoms with van der Waals surface area (Å²) in [6, 6.07) is 5.65. The molecule has 25 heavy (non-hydrogen) atoms. The quantitative estimate of drug-likeness (QED) is 0.478. The smallest absolute Gasteiger partial charge is 0.340 e. The maximum atomic E-state index is 13.3. The summed E-state index contributed by atoms with van der Waals surface area (Å²) in [6.07, 6.45) is 0. The van der Waals surface area contributed by atoms with Crippen molar-refractivity contribution in [1.82, 2.24) is 0 Å². The fraction of sp³-hybridized carbons (Fsp3) is 0.0714. The van der Waals surface area contributed by atoms with Gasteiger partial charge in [-0.25, -0.2) is 17.6 Å². The van der Waals surface area contributed by atoms with Crippen LogP contribution in [-0.2, 0) is 14.8 Å². The van der Waals surface area contributed by atoms with Crippen molar-refractivity contribution in [3.8, 4) is 0 Å². The summed E-state index contributed by atoms with van der Waals surface area (Å²) < 4.78 is 44.7. The molecule has 0 unspecified atom stereocenters. The van der Waals surface area contributed by atoms with Gasteiger partial charge in [-0.2, -0.15) is 0 Å². The van der Waals surface area contributed by atoms with Crippen molar-refractivity contribution in [2.45, 2.75) is 4.90 Å². The van der Waals surface area contributed by atoms with Crippen molar-refractivity contribution in [1.29, 1.82) is 0 Å². The molecule has 0 heterocycles. The molecular formula is C14H10ClFN2O6S. The molecule has 0 aliphatic carbocycles. The van der Waals surface area contributed by atoms with E-state index in [9.17, 15) is 27.7 Å². The Hall–Kier alpha value is -2.72. The van der Waals surface area contributed by atoms with E-state index in [4.69, 9.17) is 11.6 Å². The number of nitro benzene ring substituents is 1. The molecule has 0 amide bonds. The number of anilines is 1. The van der Waals surface area contributed by atoms with Crippen LogP contribution in [0.25, 0.3) is 0 Å². The van der Waals surface area contributed by atoms with Crippen molar-refractivity contribution in [3.05, 3.63) is 62.9 Å². The van der Waals surface area contributed by atoms with Crippen molar-refractivity contribution < 1.29 is 27.3 Å². The van der Waals surface area contributed by atoms with Gasteiger partial charge in [-0.1, -0.05) is 11.6 Å². The third-order valence-electron chi connectivity index (χ3n) is 3.06. The van der Waals surface area contributed by atoms with Gasteiger partial charge < -0.3 is 4.74 Å². The number of methoxy groups -OCH3 is 1. The minimum atomic E-state index is -4.31. The van der Waals surface area contributed by atoms with Crippen molar-refractivity contribution in [3.63, 3.8) is 0 Å². The average molecular weight is 389 g/mol. The second kappa shape index (κ2) is 7.03. The number of sulfonamides is 1. The number of esters is 1.